The van der Waals surface area contributed by atoms with Crippen LogP contribution in [0.3, 0.4) is 0 Å². The van der Waals surface area contributed by atoms with Gasteiger partial charge in [-0.1, -0.05) is 0 Å². The van der Waals surface area contributed by atoms with E-state index in [-0.39, 0.29) is 11.5 Å². The highest BCUT2D eigenvalue weighted by Crippen LogP contribution is 2.28. The van der Waals surface area contributed by atoms with E-state index in [1.807, 2.05) is 0 Å². The molecular formula is C7H5BrFNO. The van der Waals surface area contributed by atoms with Crippen molar-refractivity contribution in [2.45, 2.75) is 6.92 Å². The van der Waals surface area contributed by atoms with Crippen molar-refractivity contribution in [3.8, 4) is 0 Å². The van der Waals surface area contributed by atoms with Gasteiger partial charge in [-0.05, 0) is 45.7 Å². The first kappa shape index (κ1) is 8.33. The van der Waals surface area contributed by atoms with Crippen LogP contribution < -0.4 is 0 Å². The van der Waals surface area contributed by atoms with Gasteiger partial charge in [-0.15, -0.1) is 4.91 Å². The molecule has 0 atom stereocenters. The number of halogens is 2. The fourth-order valence-electron chi connectivity index (χ4n) is 0.741. The zero-order chi connectivity index (χ0) is 8.43. The van der Waals surface area contributed by atoms with E-state index in [2.05, 4.69) is 21.1 Å². The molecule has 0 fully saturated rings. The Balaban J connectivity index is 3.36. The normalized spacial score (nSPS) is 9.73. The Hall–Kier alpha value is -0.770. The molecule has 0 saturated heterocycles. The number of rotatable bonds is 1. The summed E-state index contributed by atoms with van der Waals surface area (Å²) in [5, 5.41) is 2.73. The van der Waals surface area contributed by atoms with E-state index in [9.17, 15) is 9.30 Å². The van der Waals surface area contributed by atoms with Crippen molar-refractivity contribution < 1.29 is 4.39 Å². The Kier molecular flexibility index (Phi) is 2.34. The highest BCUT2D eigenvalue weighted by Gasteiger charge is 2.06. The molecule has 1 aromatic carbocycles. The number of hydrogen-bond acceptors (Lipinski definition) is 2. The van der Waals surface area contributed by atoms with Crippen LogP contribution in [0.25, 0.3) is 0 Å². The molecule has 0 N–H and O–H groups in total. The van der Waals surface area contributed by atoms with Gasteiger partial charge in [-0.2, -0.15) is 0 Å². The van der Waals surface area contributed by atoms with Crippen LogP contribution in [0.2, 0.25) is 0 Å². The zero-order valence-corrected chi connectivity index (χ0v) is 7.35. The van der Waals surface area contributed by atoms with Gasteiger partial charge in [0.25, 0.3) is 0 Å². The molecule has 1 rings (SSSR count). The minimum Gasteiger partial charge on any atom is -0.206 e. The summed E-state index contributed by atoms with van der Waals surface area (Å²) >= 11 is 3.00. The summed E-state index contributed by atoms with van der Waals surface area (Å²) in [7, 11) is 0. The molecule has 0 heterocycles. The summed E-state index contributed by atoms with van der Waals surface area (Å²) in [5.41, 5.74) is 0.790. The van der Waals surface area contributed by atoms with Crippen molar-refractivity contribution >= 4 is 21.6 Å². The summed E-state index contributed by atoms with van der Waals surface area (Å²) in [6.45, 7) is 1.63. The lowest BCUT2D eigenvalue weighted by Crippen LogP contribution is -1.81. The first-order valence-electron chi connectivity index (χ1n) is 2.94. The maximum atomic E-state index is 12.7. The predicted octanol–water partition coefficient (Wildman–Crippen LogP) is 3.29. The minimum absolute atomic E-state index is 0.262. The first-order valence-corrected chi connectivity index (χ1v) is 3.74. The lowest BCUT2D eigenvalue weighted by atomic mass is 10.2. The van der Waals surface area contributed by atoms with Crippen LogP contribution in [0.1, 0.15) is 5.56 Å². The largest absolute Gasteiger partial charge is 0.206 e. The maximum absolute atomic E-state index is 12.7. The van der Waals surface area contributed by atoms with Crippen LogP contribution in [-0.4, -0.2) is 0 Å². The monoisotopic (exact) mass is 217 g/mol. The fraction of sp³-hybridized carbons (Fsp3) is 0.143. The molecule has 0 amide bonds. The number of hydrogen-bond donors (Lipinski definition) is 0. The number of benzene rings is 1. The molecule has 0 aromatic heterocycles. The second-order valence-corrected chi connectivity index (χ2v) is 2.89. The Morgan fingerprint density at radius 2 is 2.18 bits per heavy atom. The van der Waals surface area contributed by atoms with Crippen molar-refractivity contribution in [2.24, 2.45) is 5.18 Å². The summed E-state index contributed by atoms with van der Waals surface area (Å²) in [5.74, 6) is -0.380. The lowest BCUT2D eigenvalue weighted by Gasteiger charge is -1.99. The summed E-state index contributed by atoms with van der Waals surface area (Å²) in [6.07, 6.45) is 0. The smallest absolute Gasteiger partial charge is 0.137 e. The molecule has 1 aromatic rings. The molecule has 0 unspecified atom stereocenters. The molecule has 4 heteroatoms. The average molecular weight is 218 g/mol. The standard InChI is InChI=1S/C7H5BrFNO/c1-4-6(10-11)3-2-5(9)7(4)8/h2-3H,1H3. The van der Waals surface area contributed by atoms with Crippen LogP contribution in [0, 0.1) is 17.6 Å². The van der Waals surface area contributed by atoms with Gasteiger partial charge in [0.05, 0.1) is 4.47 Å². The SMILES string of the molecule is Cc1c(N=O)ccc(F)c1Br. The topological polar surface area (TPSA) is 29.4 Å². The van der Waals surface area contributed by atoms with E-state index in [4.69, 9.17) is 0 Å². The average Bonchev–Trinajstić information content (AvgIpc) is 2.01. The van der Waals surface area contributed by atoms with Gasteiger partial charge in [-0.25, -0.2) is 4.39 Å². The van der Waals surface area contributed by atoms with Crippen molar-refractivity contribution in [3.05, 3.63) is 32.9 Å². The van der Waals surface area contributed by atoms with Gasteiger partial charge in [0.1, 0.15) is 11.5 Å². The van der Waals surface area contributed by atoms with E-state index in [1.165, 1.54) is 12.1 Å². The van der Waals surface area contributed by atoms with Gasteiger partial charge >= 0.3 is 0 Å². The van der Waals surface area contributed by atoms with Crippen LogP contribution in [-0.2, 0) is 0 Å². The second kappa shape index (κ2) is 3.09. The summed E-state index contributed by atoms with van der Waals surface area (Å²) < 4.78 is 13.0. The predicted molar refractivity (Wildman–Crippen MR) is 44.3 cm³/mol. The number of nitrogens with zero attached hydrogens (tertiary/aromatic N) is 1. The van der Waals surface area contributed by atoms with Gasteiger partial charge in [0.2, 0.25) is 0 Å². The molecule has 0 aliphatic rings. The van der Waals surface area contributed by atoms with Crippen molar-refractivity contribution in [2.75, 3.05) is 0 Å². The van der Waals surface area contributed by atoms with Crippen LogP contribution in [0.15, 0.2) is 21.8 Å². The molecule has 2 nitrogen and oxygen atoms in total. The van der Waals surface area contributed by atoms with Crippen molar-refractivity contribution in [3.63, 3.8) is 0 Å². The molecule has 58 valence electrons. The molecule has 11 heavy (non-hydrogen) atoms. The number of nitroso groups, excluding NO2 is 1. The first-order chi connectivity index (χ1) is 5.16. The van der Waals surface area contributed by atoms with E-state index < -0.39 is 0 Å². The van der Waals surface area contributed by atoms with E-state index in [0.29, 0.717) is 10.0 Å². The Bertz CT molecular complexity index is 301. The van der Waals surface area contributed by atoms with Crippen LogP contribution in [0.4, 0.5) is 10.1 Å². The minimum atomic E-state index is -0.380. The zero-order valence-electron chi connectivity index (χ0n) is 5.77. The molecule has 0 aliphatic carbocycles. The van der Waals surface area contributed by atoms with Crippen LogP contribution >= 0.6 is 15.9 Å². The van der Waals surface area contributed by atoms with Crippen molar-refractivity contribution in [1.29, 1.82) is 0 Å². The molecular weight excluding hydrogens is 213 g/mol. The van der Waals surface area contributed by atoms with Crippen LogP contribution in [0.5, 0.6) is 0 Å². The summed E-state index contributed by atoms with van der Waals surface area (Å²) in [4.78, 5) is 10.1. The molecule has 0 spiro atoms. The highest BCUT2D eigenvalue weighted by atomic mass is 79.9. The van der Waals surface area contributed by atoms with E-state index in [0.717, 1.165) is 0 Å². The molecule has 0 radical (unpaired) electrons. The third-order valence-electron chi connectivity index (χ3n) is 1.41. The van der Waals surface area contributed by atoms with E-state index in [1.54, 1.807) is 6.92 Å². The third kappa shape index (κ3) is 1.45. The molecule has 0 aliphatic heterocycles. The Morgan fingerprint density at radius 1 is 1.55 bits per heavy atom. The maximum Gasteiger partial charge on any atom is 0.137 e. The molecule has 0 saturated carbocycles. The Labute approximate surface area is 71.5 Å². The van der Waals surface area contributed by atoms with Gasteiger partial charge in [0, 0.05) is 0 Å². The van der Waals surface area contributed by atoms with E-state index >= 15 is 0 Å². The molecule has 0 bridgehead atoms. The Morgan fingerprint density at radius 3 is 2.73 bits per heavy atom. The van der Waals surface area contributed by atoms with Gasteiger partial charge in [-0.3, -0.25) is 0 Å². The lowest BCUT2D eigenvalue weighted by molar-refractivity contribution is 0.620. The van der Waals surface area contributed by atoms with Crippen molar-refractivity contribution in [1.82, 2.24) is 0 Å². The summed E-state index contributed by atoms with van der Waals surface area (Å²) in [6, 6.07) is 2.55. The highest BCUT2D eigenvalue weighted by molar-refractivity contribution is 9.10. The second-order valence-electron chi connectivity index (χ2n) is 2.10. The van der Waals surface area contributed by atoms with Gasteiger partial charge < -0.3 is 0 Å². The fourth-order valence-corrected chi connectivity index (χ4v) is 1.08. The quantitative estimate of drug-likeness (QED) is 0.665. The third-order valence-corrected chi connectivity index (χ3v) is 2.38. The van der Waals surface area contributed by atoms with Gasteiger partial charge in [0.15, 0.2) is 0 Å².